The van der Waals surface area contributed by atoms with Gasteiger partial charge in [0, 0.05) is 24.5 Å². The van der Waals surface area contributed by atoms with Crippen molar-refractivity contribution in [2.24, 2.45) is 0 Å². The standard InChI is InChI=1S/C25H27N5O2/c1-16(30-13-5-12-26-25(30)32)24-28-20-10-8-17(15-22(20)29-24)14-19-9-11-21(27-19)23(31)18-6-3-2-4-7-18/h2-8,10,12-13,15-16,19,21,23,27,31H,9,11,14H2,1H3,(H,28,29)/t16-,19-,21+,23+/m0/s1. The number of hydrogen-bond donors (Lipinski definition) is 3. The molecule has 1 saturated heterocycles. The normalized spacial score (nSPS) is 20.4. The maximum atomic E-state index is 12.0. The molecule has 0 unspecified atom stereocenters. The van der Waals surface area contributed by atoms with Crippen LogP contribution in [0.1, 0.15) is 48.9 Å². The van der Waals surface area contributed by atoms with E-state index in [1.54, 1.807) is 16.8 Å². The summed E-state index contributed by atoms with van der Waals surface area (Å²) >= 11 is 0. The van der Waals surface area contributed by atoms with E-state index >= 15 is 0 Å². The molecule has 0 amide bonds. The lowest BCUT2D eigenvalue weighted by Crippen LogP contribution is -2.35. The third kappa shape index (κ3) is 4.09. The van der Waals surface area contributed by atoms with E-state index in [0.717, 1.165) is 41.7 Å². The van der Waals surface area contributed by atoms with Gasteiger partial charge >= 0.3 is 5.69 Å². The molecule has 5 rings (SSSR count). The molecule has 4 aromatic rings. The Morgan fingerprint density at radius 2 is 2.00 bits per heavy atom. The van der Waals surface area contributed by atoms with Crippen molar-refractivity contribution in [3.8, 4) is 0 Å². The number of benzene rings is 2. The SMILES string of the molecule is C[C@@H](c1nc2ccc(C[C@@H]3CC[C@H]([C@H](O)c4ccccc4)N3)cc2[nH]1)n1cccnc1=O. The predicted octanol–water partition coefficient (Wildman–Crippen LogP) is 3.13. The number of rotatable bonds is 6. The molecule has 164 valence electrons. The van der Waals surface area contributed by atoms with Crippen molar-refractivity contribution >= 4 is 11.0 Å². The van der Waals surface area contributed by atoms with E-state index in [9.17, 15) is 9.90 Å². The summed E-state index contributed by atoms with van der Waals surface area (Å²) in [5.74, 6) is 0.734. The van der Waals surface area contributed by atoms with Crippen molar-refractivity contribution in [3.05, 3.63) is 94.4 Å². The maximum absolute atomic E-state index is 12.0. The second-order valence-corrected chi connectivity index (χ2v) is 8.57. The Balaban J connectivity index is 1.29. The van der Waals surface area contributed by atoms with Gasteiger partial charge in [-0.3, -0.25) is 4.57 Å². The van der Waals surface area contributed by atoms with E-state index in [4.69, 9.17) is 0 Å². The van der Waals surface area contributed by atoms with Crippen LogP contribution in [0.4, 0.5) is 0 Å². The Bertz CT molecular complexity index is 1270. The minimum atomic E-state index is -0.490. The lowest BCUT2D eigenvalue weighted by molar-refractivity contribution is 0.135. The first-order valence-electron chi connectivity index (χ1n) is 11.1. The first kappa shape index (κ1) is 20.6. The van der Waals surface area contributed by atoms with Crippen LogP contribution in [-0.2, 0) is 6.42 Å². The van der Waals surface area contributed by atoms with Crippen LogP contribution < -0.4 is 11.0 Å². The fourth-order valence-electron chi connectivity index (χ4n) is 4.62. The van der Waals surface area contributed by atoms with Crippen molar-refractivity contribution in [2.75, 3.05) is 0 Å². The minimum absolute atomic E-state index is 0.0727. The summed E-state index contributed by atoms with van der Waals surface area (Å²) in [6.45, 7) is 1.93. The molecule has 7 heteroatoms. The zero-order valence-electron chi connectivity index (χ0n) is 18.0. The van der Waals surface area contributed by atoms with Gasteiger partial charge in [-0.2, -0.15) is 0 Å². The molecule has 0 radical (unpaired) electrons. The molecule has 7 nitrogen and oxygen atoms in total. The molecule has 32 heavy (non-hydrogen) atoms. The number of nitrogens with zero attached hydrogens (tertiary/aromatic N) is 3. The molecule has 1 aliphatic rings. The number of hydrogen-bond acceptors (Lipinski definition) is 5. The Kier molecular flexibility index (Phi) is 5.59. The third-order valence-corrected chi connectivity index (χ3v) is 6.40. The molecule has 1 fully saturated rings. The predicted molar refractivity (Wildman–Crippen MR) is 123 cm³/mol. The average Bonchev–Trinajstić information content (AvgIpc) is 3.46. The van der Waals surface area contributed by atoms with E-state index < -0.39 is 6.10 Å². The number of imidazole rings is 1. The Morgan fingerprint density at radius 1 is 1.16 bits per heavy atom. The Labute approximate surface area is 186 Å². The third-order valence-electron chi connectivity index (χ3n) is 6.40. The number of aliphatic hydroxyl groups is 1. The zero-order valence-corrected chi connectivity index (χ0v) is 18.0. The summed E-state index contributed by atoms with van der Waals surface area (Å²) in [6.07, 6.45) is 5.61. The van der Waals surface area contributed by atoms with Gasteiger partial charge in [0.2, 0.25) is 0 Å². The zero-order chi connectivity index (χ0) is 22.1. The summed E-state index contributed by atoms with van der Waals surface area (Å²) in [6, 6.07) is 18.0. The summed E-state index contributed by atoms with van der Waals surface area (Å²) in [5, 5.41) is 14.3. The fraction of sp³-hybridized carbons (Fsp3) is 0.320. The molecule has 2 aromatic carbocycles. The first-order valence-corrected chi connectivity index (χ1v) is 11.1. The Morgan fingerprint density at radius 3 is 2.81 bits per heavy atom. The van der Waals surface area contributed by atoms with Crippen LogP contribution in [0.5, 0.6) is 0 Å². The number of nitrogens with one attached hydrogen (secondary N) is 2. The van der Waals surface area contributed by atoms with Gasteiger partial charge in [0.25, 0.3) is 0 Å². The summed E-state index contributed by atoms with van der Waals surface area (Å²) < 4.78 is 1.57. The highest BCUT2D eigenvalue weighted by atomic mass is 16.3. The number of aromatic amines is 1. The summed E-state index contributed by atoms with van der Waals surface area (Å²) in [7, 11) is 0. The van der Waals surface area contributed by atoms with Crippen molar-refractivity contribution in [3.63, 3.8) is 0 Å². The van der Waals surface area contributed by atoms with Crippen LogP contribution in [0.15, 0.2) is 71.8 Å². The van der Waals surface area contributed by atoms with Crippen LogP contribution in [0, 0.1) is 0 Å². The maximum Gasteiger partial charge on any atom is 0.348 e. The van der Waals surface area contributed by atoms with Gasteiger partial charge in [-0.25, -0.2) is 14.8 Å². The number of H-pyrrole nitrogens is 1. The van der Waals surface area contributed by atoms with Crippen molar-refractivity contribution in [2.45, 2.75) is 50.4 Å². The summed E-state index contributed by atoms with van der Waals surface area (Å²) in [5.41, 5.74) is 3.72. The van der Waals surface area contributed by atoms with Gasteiger partial charge in [0.1, 0.15) is 5.82 Å². The summed E-state index contributed by atoms with van der Waals surface area (Å²) in [4.78, 5) is 23.9. The topological polar surface area (TPSA) is 95.8 Å². The lowest BCUT2D eigenvalue weighted by atomic mass is 10.0. The van der Waals surface area contributed by atoms with Gasteiger partial charge in [0.05, 0.1) is 23.2 Å². The lowest BCUT2D eigenvalue weighted by Gasteiger charge is -2.20. The van der Waals surface area contributed by atoms with Crippen LogP contribution in [0.2, 0.25) is 0 Å². The van der Waals surface area contributed by atoms with Gasteiger partial charge in [-0.15, -0.1) is 0 Å². The molecule has 3 N–H and O–H groups in total. The number of aliphatic hydroxyl groups excluding tert-OH is 1. The Hall–Kier alpha value is -3.29. The van der Waals surface area contributed by atoms with E-state index in [-0.39, 0.29) is 17.8 Å². The molecule has 0 saturated carbocycles. The van der Waals surface area contributed by atoms with E-state index in [0.29, 0.717) is 6.04 Å². The minimum Gasteiger partial charge on any atom is -0.387 e. The van der Waals surface area contributed by atoms with Crippen LogP contribution in [0.3, 0.4) is 0 Å². The smallest absolute Gasteiger partial charge is 0.348 e. The van der Waals surface area contributed by atoms with Gasteiger partial charge in [0.15, 0.2) is 0 Å². The molecular weight excluding hydrogens is 402 g/mol. The highest BCUT2D eigenvalue weighted by Crippen LogP contribution is 2.27. The molecule has 0 spiro atoms. The second-order valence-electron chi connectivity index (χ2n) is 8.57. The molecule has 3 heterocycles. The van der Waals surface area contributed by atoms with E-state index in [1.807, 2.05) is 43.3 Å². The molecular formula is C25H27N5O2. The molecule has 4 atom stereocenters. The first-order chi connectivity index (χ1) is 15.6. The van der Waals surface area contributed by atoms with E-state index in [1.165, 1.54) is 11.8 Å². The highest BCUT2D eigenvalue weighted by molar-refractivity contribution is 5.76. The molecule has 1 aliphatic heterocycles. The fourth-order valence-corrected chi connectivity index (χ4v) is 4.62. The van der Waals surface area contributed by atoms with Gasteiger partial charge in [-0.05, 0) is 55.5 Å². The monoisotopic (exact) mass is 429 g/mol. The number of fused-ring (bicyclic) bond motifs is 1. The van der Waals surface area contributed by atoms with Gasteiger partial charge in [-0.1, -0.05) is 36.4 Å². The molecule has 0 aliphatic carbocycles. The van der Waals surface area contributed by atoms with Crippen LogP contribution in [0.25, 0.3) is 11.0 Å². The molecule has 0 bridgehead atoms. The van der Waals surface area contributed by atoms with Crippen LogP contribution >= 0.6 is 0 Å². The highest BCUT2D eigenvalue weighted by Gasteiger charge is 2.30. The number of aromatic nitrogens is 4. The largest absolute Gasteiger partial charge is 0.387 e. The average molecular weight is 430 g/mol. The van der Waals surface area contributed by atoms with Crippen molar-refractivity contribution in [1.82, 2.24) is 24.8 Å². The molecule has 2 aromatic heterocycles. The van der Waals surface area contributed by atoms with Crippen LogP contribution in [-0.4, -0.2) is 36.7 Å². The van der Waals surface area contributed by atoms with E-state index in [2.05, 4.69) is 32.4 Å². The van der Waals surface area contributed by atoms with Gasteiger partial charge < -0.3 is 15.4 Å². The quantitative estimate of drug-likeness (QED) is 0.438. The second kappa shape index (κ2) is 8.68. The van der Waals surface area contributed by atoms with Crippen molar-refractivity contribution in [1.29, 1.82) is 0 Å². The van der Waals surface area contributed by atoms with Crippen molar-refractivity contribution < 1.29 is 5.11 Å².